The molecule has 0 saturated carbocycles. The van der Waals surface area contributed by atoms with Crippen LogP contribution in [0.2, 0.25) is 10.0 Å². The van der Waals surface area contributed by atoms with Crippen molar-refractivity contribution in [2.45, 2.75) is 6.54 Å². The van der Waals surface area contributed by atoms with Crippen LogP contribution in [0.5, 0.6) is 0 Å². The van der Waals surface area contributed by atoms with Gasteiger partial charge in [0, 0.05) is 6.54 Å². The van der Waals surface area contributed by atoms with Crippen LogP contribution in [0.1, 0.15) is 11.1 Å². The topological polar surface area (TPSA) is 61.8 Å². The Morgan fingerprint density at radius 3 is 2.37 bits per heavy atom. The summed E-state index contributed by atoms with van der Waals surface area (Å²) < 4.78 is 0. The Hall–Kier alpha value is -1.89. The molecule has 5 heteroatoms. The van der Waals surface area contributed by atoms with Crippen molar-refractivity contribution in [2.24, 2.45) is 0 Å². The van der Waals surface area contributed by atoms with E-state index in [4.69, 9.17) is 34.2 Å². The molecule has 0 amide bonds. The second kappa shape index (κ2) is 5.83. The summed E-state index contributed by atoms with van der Waals surface area (Å²) in [5, 5.41) is 12.8. The lowest BCUT2D eigenvalue weighted by atomic mass is 10.1. The number of anilines is 2. The van der Waals surface area contributed by atoms with E-state index >= 15 is 0 Å². The molecule has 3 nitrogen and oxygen atoms in total. The molecule has 0 bridgehead atoms. The van der Waals surface area contributed by atoms with E-state index in [0.29, 0.717) is 27.8 Å². The summed E-state index contributed by atoms with van der Waals surface area (Å²) >= 11 is 11.8. The van der Waals surface area contributed by atoms with Gasteiger partial charge in [-0.15, -0.1) is 0 Å². The maximum absolute atomic E-state index is 8.72. The molecule has 2 aromatic carbocycles. The third kappa shape index (κ3) is 3.31. The monoisotopic (exact) mass is 291 g/mol. The Balaban J connectivity index is 2.10. The number of hydrogen-bond donors (Lipinski definition) is 2. The number of hydrogen-bond acceptors (Lipinski definition) is 3. The smallest absolute Gasteiger partial charge is 0.0991 e. The first-order valence-electron chi connectivity index (χ1n) is 5.57. The Bertz CT molecular complexity index is 630. The minimum Gasteiger partial charge on any atom is -0.397 e. The van der Waals surface area contributed by atoms with Gasteiger partial charge in [0.25, 0.3) is 0 Å². The zero-order chi connectivity index (χ0) is 13.8. The van der Waals surface area contributed by atoms with Gasteiger partial charge in [0.05, 0.1) is 33.1 Å². The molecule has 0 aliphatic heterocycles. The zero-order valence-electron chi connectivity index (χ0n) is 9.95. The molecule has 0 unspecified atom stereocenters. The van der Waals surface area contributed by atoms with Gasteiger partial charge in [-0.25, -0.2) is 0 Å². The van der Waals surface area contributed by atoms with Crippen molar-refractivity contribution >= 4 is 34.6 Å². The number of nitrogen functional groups attached to an aromatic ring is 1. The van der Waals surface area contributed by atoms with Gasteiger partial charge in [0.15, 0.2) is 0 Å². The predicted octanol–water partition coefficient (Wildman–Crippen LogP) is 4.06. The van der Waals surface area contributed by atoms with Crippen LogP contribution in [0.3, 0.4) is 0 Å². The van der Waals surface area contributed by atoms with E-state index in [1.165, 1.54) is 0 Å². The van der Waals surface area contributed by atoms with Gasteiger partial charge in [-0.3, -0.25) is 0 Å². The van der Waals surface area contributed by atoms with Crippen LogP contribution in [-0.2, 0) is 6.54 Å². The number of nitrogens with two attached hydrogens (primary N) is 1. The van der Waals surface area contributed by atoms with E-state index in [-0.39, 0.29) is 0 Å². The second-order valence-corrected chi connectivity index (χ2v) is 4.83. The summed E-state index contributed by atoms with van der Waals surface area (Å²) in [5.41, 5.74) is 8.81. The number of benzene rings is 2. The fraction of sp³-hybridized carbons (Fsp3) is 0.0714. The Kier molecular flexibility index (Phi) is 4.16. The summed E-state index contributed by atoms with van der Waals surface area (Å²) in [6, 6.07) is 12.7. The van der Waals surface area contributed by atoms with E-state index in [2.05, 4.69) is 11.4 Å². The third-order valence-corrected chi connectivity index (χ3v) is 3.38. The van der Waals surface area contributed by atoms with Crippen LogP contribution >= 0.6 is 23.2 Å². The lowest BCUT2D eigenvalue weighted by molar-refractivity contribution is 1.15. The van der Waals surface area contributed by atoms with E-state index in [0.717, 1.165) is 11.3 Å². The summed E-state index contributed by atoms with van der Waals surface area (Å²) in [4.78, 5) is 0. The molecule has 0 aliphatic carbocycles. The first-order valence-corrected chi connectivity index (χ1v) is 6.33. The lowest BCUT2D eigenvalue weighted by Crippen LogP contribution is -2.02. The van der Waals surface area contributed by atoms with Gasteiger partial charge in [0.2, 0.25) is 0 Å². The average Bonchev–Trinajstić information content (AvgIpc) is 2.42. The normalized spacial score (nSPS) is 9.95. The number of nitrogens with one attached hydrogen (secondary N) is 1. The van der Waals surface area contributed by atoms with Crippen LogP contribution in [0, 0.1) is 11.3 Å². The van der Waals surface area contributed by atoms with Crippen LogP contribution in [0.15, 0.2) is 36.4 Å². The van der Waals surface area contributed by atoms with E-state index in [9.17, 15) is 0 Å². The van der Waals surface area contributed by atoms with Crippen molar-refractivity contribution in [3.63, 3.8) is 0 Å². The number of halogens is 2. The maximum Gasteiger partial charge on any atom is 0.0991 e. The second-order valence-electron chi connectivity index (χ2n) is 4.02. The highest BCUT2D eigenvalue weighted by molar-refractivity contribution is 6.42. The van der Waals surface area contributed by atoms with Crippen molar-refractivity contribution in [1.29, 1.82) is 5.26 Å². The fourth-order valence-corrected chi connectivity index (χ4v) is 1.95. The van der Waals surface area contributed by atoms with Crippen molar-refractivity contribution < 1.29 is 0 Å². The molecule has 2 rings (SSSR count). The van der Waals surface area contributed by atoms with Gasteiger partial charge in [-0.1, -0.05) is 35.3 Å². The van der Waals surface area contributed by atoms with Crippen LogP contribution in [0.4, 0.5) is 11.4 Å². The first-order chi connectivity index (χ1) is 9.10. The molecule has 19 heavy (non-hydrogen) atoms. The van der Waals surface area contributed by atoms with Gasteiger partial charge in [0.1, 0.15) is 0 Å². The molecule has 0 heterocycles. The molecule has 0 radical (unpaired) electrons. The van der Waals surface area contributed by atoms with Crippen molar-refractivity contribution in [3.8, 4) is 6.07 Å². The fourth-order valence-electron chi connectivity index (χ4n) is 1.61. The summed E-state index contributed by atoms with van der Waals surface area (Å²) in [6.07, 6.45) is 0. The van der Waals surface area contributed by atoms with Gasteiger partial charge < -0.3 is 11.1 Å². The lowest BCUT2D eigenvalue weighted by Gasteiger charge is -2.10. The zero-order valence-corrected chi connectivity index (χ0v) is 11.5. The third-order valence-electron chi connectivity index (χ3n) is 2.66. The summed E-state index contributed by atoms with van der Waals surface area (Å²) in [5.74, 6) is 0. The van der Waals surface area contributed by atoms with Crippen molar-refractivity contribution in [1.82, 2.24) is 0 Å². The molecule has 0 spiro atoms. The van der Waals surface area contributed by atoms with E-state index in [1.807, 2.05) is 12.1 Å². The molecular formula is C14H11Cl2N3. The summed E-state index contributed by atoms with van der Waals surface area (Å²) in [6.45, 7) is 0.591. The average molecular weight is 292 g/mol. The van der Waals surface area contributed by atoms with Crippen LogP contribution < -0.4 is 11.1 Å². The minimum absolute atomic E-state index is 0.433. The van der Waals surface area contributed by atoms with Gasteiger partial charge in [-0.05, 0) is 29.8 Å². The van der Waals surface area contributed by atoms with E-state index in [1.54, 1.807) is 24.3 Å². The largest absolute Gasteiger partial charge is 0.397 e. The number of nitriles is 1. The quantitative estimate of drug-likeness (QED) is 0.839. The molecule has 96 valence electrons. The van der Waals surface area contributed by atoms with E-state index < -0.39 is 0 Å². The van der Waals surface area contributed by atoms with Gasteiger partial charge in [-0.2, -0.15) is 5.26 Å². The van der Waals surface area contributed by atoms with Crippen molar-refractivity contribution in [3.05, 3.63) is 57.6 Å². The highest BCUT2D eigenvalue weighted by atomic mass is 35.5. The Morgan fingerprint density at radius 1 is 1.11 bits per heavy atom. The predicted molar refractivity (Wildman–Crippen MR) is 79.4 cm³/mol. The highest BCUT2D eigenvalue weighted by Gasteiger charge is 2.04. The SMILES string of the molecule is N#Cc1ccc(CNc2cc(Cl)c(Cl)cc2N)cc1. The van der Waals surface area contributed by atoms with Crippen molar-refractivity contribution in [2.75, 3.05) is 11.1 Å². The maximum atomic E-state index is 8.72. The number of nitrogens with zero attached hydrogens (tertiary/aromatic N) is 1. The molecule has 0 aromatic heterocycles. The molecule has 0 fully saturated rings. The number of rotatable bonds is 3. The molecule has 0 aliphatic rings. The highest BCUT2D eigenvalue weighted by Crippen LogP contribution is 2.30. The van der Waals surface area contributed by atoms with Crippen LogP contribution in [0.25, 0.3) is 0 Å². The van der Waals surface area contributed by atoms with Gasteiger partial charge >= 0.3 is 0 Å². The molecule has 2 aromatic rings. The van der Waals surface area contributed by atoms with Crippen LogP contribution in [-0.4, -0.2) is 0 Å². The molecule has 0 atom stereocenters. The molecular weight excluding hydrogens is 281 g/mol. The first kappa shape index (κ1) is 13.5. The molecule has 0 saturated heterocycles. The Labute approximate surface area is 121 Å². The molecule has 3 N–H and O–H groups in total. The standard InChI is InChI=1S/C14H11Cl2N3/c15-11-5-13(18)14(6-12(11)16)19-8-10-3-1-9(7-17)2-4-10/h1-6,19H,8,18H2. The minimum atomic E-state index is 0.433. The summed E-state index contributed by atoms with van der Waals surface area (Å²) in [7, 11) is 0. The Morgan fingerprint density at radius 2 is 1.74 bits per heavy atom.